The molecule has 1 aliphatic heterocycles. The van der Waals surface area contributed by atoms with E-state index in [0.29, 0.717) is 0 Å². The summed E-state index contributed by atoms with van der Waals surface area (Å²) in [5.41, 5.74) is 3.35. The van der Waals surface area contributed by atoms with Gasteiger partial charge in [0.1, 0.15) is 5.82 Å². The molecule has 0 radical (unpaired) electrons. The van der Waals surface area contributed by atoms with Crippen molar-refractivity contribution in [2.24, 2.45) is 0 Å². The highest BCUT2D eigenvalue weighted by Gasteiger charge is 2.34. The van der Waals surface area contributed by atoms with E-state index in [1.54, 1.807) is 0 Å². The third kappa shape index (κ3) is 4.03. The summed E-state index contributed by atoms with van der Waals surface area (Å²) in [6.45, 7) is 3.20. The van der Waals surface area contributed by atoms with Crippen LogP contribution in [-0.2, 0) is 4.74 Å². The SMILES string of the molecule is CNc1cccc(C(C(c2cccnc2)c2cccnc2)N2CCOCC2)n1. The van der Waals surface area contributed by atoms with Crippen molar-refractivity contribution >= 4 is 5.82 Å². The second kappa shape index (κ2) is 8.91. The van der Waals surface area contributed by atoms with Crippen LogP contribution in [0.25, 0.3) is 0 Å². The van der Waals surface area contributed by atoms with Crippen LogP contribution in [0.5, 0.6) is 0 Å². The molecule has 144 valence electrons. The third-order valence-electron chi connectivity index (χ3n) is 5.17. The maximum atomic E-state index is 5.62. The molecule has 4 rings (SSSR count). The Morgan fingerprint density at radius 2 is 1.61 bits per heavy atom. The van der Waals surface area contributed by atoms with E-state index in [-0.39, 0.29) is 12.0 Å². The molecule has 1 saturated heterocycles. The average molecular weight is 375 g/mol. The zero-order valence-corrected chi connectivity index (χ0v) is 16.0. The van der Waals surface area contributed by atoms with Gasteiger partial charge < -0.3 is 10.1 Å². The van der Waals surface area contributed by atoms with Gasteiger partial charge in [-0.3, -0.25) is 14.9 Å². The van der Waals surface area contributed by atoms with E-state index in [1.165, 1.54) is 0 Å². The summed E-state index contributed by atoms with van der Waals surface area (Å²) in [6, 6.07) is 14.5. The van der Waals surface area contributed by atoms with E-state index >= 15 is 0 Å². The van der Waals surface area contributed by atoms with Gasteiger partial charge in [0.25, 0.3) is 0 Å². The quantitative estimate of drug-likeness (QED) is 0.714. The lowest BCUT2D eigenvalue weighted by Gasteiger charge is -2.39. The van der Waals surface area contributed by atoms with Crippen LogP contribution in [0, 0.1) is 0 Å². The molecule has 0 aliphatic carbocycles. The van der Waals surface area contributed by atoms with E-state index in [0.717, 1.165) is 48.9 Å². The summed E-state index contributed by atoms with van der Waals surface area (Å²) >= 11 is 0. The largest absolute Gasteiger partial charge is 0.379 e. The van der Waals surface area contributed by atoms with Gasteiger partial charge in [0.2, 0.25) is 0 Å². The molecule has 1 N–H and O–H groups in total. The van der Waals surface area contributed by atoms with Crippen molar-refractivity contribution in [1.82, 2.24) is 19.9 Å². The van der Waals surface area contributed by atoms with Crippen LogP contribution >= 0.6 is 0 Å². The minimum Gasteiger partial charge on any atom is -0.379 e. The minimum absolute atomic E-state index is 0.0607. The topological polar surface area (TPSA) is 63.2 Å². The van der Waals surface area contributed by atoms with E-state index in [4.69, 9.17) is 9.72 Å². The molecule has 4 heterocycles. The van der Waals surface area contributed by atoms with Gasteiger partial charge in [0, 0.05) is 50.8 Å². The summed E-state index contributed by atoms with van der Waals surface area (Å²) in [6.07, 6.45) is 7.53. The zero-order valence-electron chi connectivity index (χ0n) is 16.0. The van der Waals surface area contributed by atoms with Crippen molar-refractivity contribution in [2.75, 3.05) is 38.7 Å². The van der Waals surface area contributed by atoms with E-state index < -0.39 is 0 Å². The maximum Gasteiger partial charge on any atom is 0.126 e. The number of morpholine rings is 1. The molecule has 1 aliphatic rings. The summed E-state index contributed by atoms with van der Waals surface area (Å²) < 4.78 is 5.62. The molecule has 0 amide bonds. The predicted molar refractivity (Wildman–Crippen MR) is 109 cm³/mol. The van der Waals surface area contributed by atoms with Crippen LogP contribution in [0.4, 0.5) is 5.82 Å². The second-order valence-corrected chi connectivity index (χ2v) is 6.84. The number of aromatic nitrogens is 3. The molecule has 1 atom stereocenters. The third-order valence-corrected chi connectivity index (χ3v) is 5.17. The monoisotopic (exact) mass is 375 g/mol. The number of ether oxygens (including phenoxy) is 1. The second-order valence-electron chi connectivity index (χ2n) is 6.84. The summed E-state index contributed by atoms with van der Waals surface area (Å²) in [4.78, 5) is 16.2. The number of nitrogens with zero attached hydrogens (tertiary/aromatic N) is 4. The molecule has 3 aromatic rings. The van der Waals surface area contributed by atoms with Gasteiger partial charge in [-0.1, -0.05) is 18.2 Å². The van der Waals surface area contributed by atoms with Crippen molar-refractivity contribution in [3.05, 3.63) is 84.1 Å². The summed E-state index contributed by atoms with van der Waals surface area (Å²) in [5.74, 6) is 0.937. The highest BCUT2D eigenvalue weighted by Crippen LogP contribution is 2.40. The number of anilines is 1. The summed E-state index contributed by atoms with van der Waals surface area (Å²) in [5, 5.41) is 3.16. The lowest BCUT2D eigenvalue weighted by atomic mass is 9.83. The lowest BCUT2D eigenvalue weighted by Crippen LogP contribution is -2.42. The molecule has 1 fully saturated rings. The molecule has 1 unspecified atom stereocenters. The minimum atomic E-state index is 0.0607. The van der Waals surface area contributed by atoms with Crippen molar-refractivity contribution in [3.63, 3.8) is 0 Å². The van der Waals surface area contributed by atoms with E-state index in [1.807, 2.05) is 50.0 Å². The number of nitrogens with one attached hydrogen (secondary N) is 1. The Kier molecular flexibility index (Phi) is 5.89. The van der Waals surface area contributed by atoms with Gasteiger partial charge in [-0.2, -0.15) is 0 Å². The van der Waals surface area contributed by atoms with Crippen LogP contribution in [0.3, 0.4) is 0 Å². The Bertz CT molecular complexity index is 829. The van der Waals surface area contributed by atoms with E-state index in [2.05, 4.69) is 44.5 Å². The van der Waals surface area contributed by atoms with Gasteiger partial charge >= 0.3 is 0 Å². The van der Waals surface area contributed by atoms with Crippen LogP contribution in [0.15, 0.2) is 67.3 Å². The van der Waals surface area contributed by atoms with Crippen molar-refractivity contribution < 1.29 is 4.74 Å². The van der Waals surface area contributed by atoms with Crippen molar-refractivity contribution in [1.29, 1.82) is 0 Å². The number of hydrogen-bond donors (Lipinski definition) is 1. The van der Waals surface area contributed by atoms with Crippen LogP contribution < -0.4 is 5.32 Å². The smallest absolute Gasteiger partial charge is 0.126 e. The Hall–Kier alpha value is -2.83. The highest BCUT2D eigenvalue weighted by molar-refractivity contribution is 5.39. The Labute approximate surface area is 165 Å². The molecule has 6 heteroatoms. The predicted octanol–water partition coefficient (Wildman–Crippen LogP) is 3.12. The van der Waals surface area contributed by atoms with Crippen molar-refractivity contribution in [3.8, 4) is 0 Å². The molecule has 0 spiro atoms. The number of hydrogen-bond acceptors (Lipinski definition) is 6. The number of rotatable bonds is 6. The maximum absolute atomic E-state index is 5.62. The van der Waals surface area contributed by atoms with Gasteiger partial charge in [-0.25, -0.2) is 4.98 Å². The first-order valence-corrected chi connectivity index (χ1v) is 9.63. The first-order chi connectivity index (χ1) is 13.9. The molecule has 0 aromatic carbocycles. The molecular formula is C22H25N5O. The molecule has 0 bridgehead atoms. The average Bonchev–Trinajstić information content (AvgIpc) is 2.79. The summed E-state index contributed by atoms with van der Waals surface area (Å²) in [7, 11) is 1.90. The van der Waals surface area contributed by atoms with Gasteiger partial charge in [-0.15, -0.1) is 0 Å². The van der Waals surface area contributed by atoms with Crippen molar-refractivity contribution in [2.45, 2.75) is 12.0 Å². The first kappa shape index (κ1) is 18.5. The van der Waals surface area contributed by atoms with Crippen LogP contribution in [0.1, 0.15) is 28.8 Å². The Balaban J connectivity index is 1.85. The standard InChI is InChI=1S/C22H25N5O/c1-23-20-8-2-7-19(26-20)22(27-11-13-28-14-12-27)21(17-5-3-9-24-15-17)18-6-4-10-25-16-18/h2-10,15-16,21-22H,11-14H2,1H3,(H,23,26). The first-order valence-electron chi connectivity index (χ1n) is 9.63. The fourth-order valence-electron chi connectivity index (χ4n) is 3.86. The van der Waals surface area contributed by atoms with Crippen LogP contribution in [-0.4, -0.2) is 53.2 Å². The molecule has 3 aromatic heterocycles. The fourth-order valence-corrected chi connectivity index (χ4v) is 3.86. The van der Waals surface area contributed by atoms with E-state index in [9.17, 15) is 0 Å². The number of pyridine rings is 3. The molecular weight excluding hydrogens is 350 g/mol. The fraction of sp³-hybridized carbons (Fsp3) is 0.318. The van der Waals surface area contributed by atoms with Gasteiger partial charge in [-0.05, 0) is 35.4 Å². The lowest BCUT2D eigenvalue weighted by molar-refractivity contribution is 0.0115. The highest BCUT2D eigenvalue weighted by atomic mass is 16.5. The Morgan fingerprint density at radius 1 is 0.929 bits per heavy atom. The van der Waals surface area contributed by atoms with Gasteiger partial charge in [0.15, 0.2) is 0 Å². The zero-order chi connectivity index (χ0) is 19.2. The molecule has 0 saturated carbocycles. The molecule has 6 nitrogen and oxygen atoms in total. The normalized spacial score (nSPS) is 16.1. The van der Waals surface area contributed by atoms with Crippen LogP contribution in [0.2, 0.25) is 0 Å². The Morgan fingerprint density at radius 3 is 2.18 bits per heavy atom. The van der Waals surface area contributed by atoms with Gasteiger partial charge in [0.05, 0.1) is 24.9 Å². The molecule has 28 heavy (non-hydrogen) atoms.